The Hall–Kier alpha value is -1.56. The molecule has 14 heavy (non-hydrogen) atoms. The van der Waals surface area contributed by atoms with E-state index in [1.807, 2.05) is 12.2 Å². The lowest BCUT2D eigenvalue weighted by atomic mass is 10.1. The monoisotopic (exact) mass is 184 g/mol. The molecule has 0 aliphatic heterocycles. The van der Waals surface area contributed by atoms with Crippen LogP contribution in [0.3, 0.4) is 0 Å². The normalized spacial score (nSPS) is 16.9. The lowest BCUT2D eigenvalue weighted by molar-refractivity contribution is 1.02. The molecule has 0 nitrogen and oxygen atoms in total. The zero-order valence-corrected chi connectivity index (χ0v) is 8.45. The van der Waals surface area contributed by atoms with Gasteiger partial charge in [-0.15, -0.1) is 0 Å². The van der Waals surface area contributed by atoms with E-state index in [9.17, 15) is 0 Å². The molecule has 0 bridgehead atoms. The first-order valence-electron chi connectivity index (χ1n) is 4.87. The molecule has 1 aliphatic carbocycles. The predicted molar refractivity (Wildman–Crippen MR) is 64.1 cm³/mol. The molecule has 1 aliphatic rings. The Bertz CT molecular complexity index is 322. The maximum Gasteiger partial charge on any atom is -0.0263 e. The van der Waals surface area contributed by atoms with Crippen molar-refractivity contribution >= 4 is 0 Å². The lowest BCUT2D eigenvalue weighted by Crippen LogP contribution is -1.80. The molecule has 0 spiro atoms. The zero-order chi connectivity index (χ0) is 10.2. The van der Waals surface area contributed by atoms with Crippen LogP contribution in [0.2, 0.25) is 0 Å². The molecule has 0 saturated carbocycles. The maximum atomic E-state index is 3.74. The fourth-order valence-electron chi connectivity index (χ4n) is 1.28. The van der Waals surface area contributed by atoms with Crippen LogP contribution in [-0.2, 0) is 0 Å². The highest BCUT2D eigenvalue weighted by Crippen LogP contribution is 2.11. The van der Waals surface area contributed by atoms with Crippen LogP contribution in [0.25, 0.3) is 0 Å². The first-order valence-corrected chi connectivity index (χ1v) is 4.87. The van der Waals surface area contributed by atoms with Gasteiger partial charge in [-0.2, -0.15) is 0 Å². The van der Waals surface area contributed by atoms with E-state index in [0.29, 0.717) is 0 Å². The third kappa shape index (κ3) is 3.44. The van der Waals surface area contributed by atoms with Crippen molar-refractivity contribution in [3.8, 4) is 0 Å². The van der Waals surface area contributed by atoms with Crippen molar-refractivity contribution in [3.05, 3.63) is 72.9 Å². The summed E-state index contributed by atoms with van der Waals surface area (Å²) in [5, 5.41) is 0. The van der Waals surface area contributed by atoms with Gasteiger partial charge in [0.15, 0.2) is 0 Å². The minimum absolute atomic E-state index is 1.08. The first-order chi connectivity index (χ1) is 6.86. The molecule has 0 atom stereocenters. The largest absolute Gasteiger partial charge is 0.0990 e. The van der Waals surface area contributed by atoms with E-state index < -0.39 is 0 Å². The second-order valence-electron chi connectivity index (χ2n) is 3.12. The number of hydrogen-bond acceptors (Lipinski definition) is 0. The summed E-state index contributed by atoms with van der Waals surface area (Å²) in [6, 6.07) is 0. The van der Waals surface area contributed by atoms with Crippen molar-refractivity contribution in [2.75, 3.05) is 0 Å². The number of allylic oxidation sites excluding steroid dienone is 10. The van der Waals surface area contributed by atoms with Gasteiger partial charge in [-0.3, -0.25) is 0 Å². The van der Waals surface area contributed by atoms with E-state index in [1.54, 1.807) is 6.08 Å². The smallest absolute Gasteiger partial charge is 0.0263 e. The van der Waals surface area contributed by atoms with Crippen molar-refractivity contribution in [2.24, 2.45) is 0 Å². The highest BCUT2D eigenvalue weighted by atomic mass is 14.0. The Morgan fingerprint density at radius 1 is 1.29 bits per heavy atom. The number of rotatable bonds is 4. The fourth-order valence-corrected chi connectivity index (χ4v) is 1.28. The molecule has 1 rings (SSSR count). The third-order valence-corrected chi connectivity index (χ3v) is 2.04. The van der Waals surface area contributed by atoms with E-state index in [0.717, 1.165) is 18.4 Å². The second-order valence-corrected chi connectivity index (χ2v) is 3.12. The topological polar surface area (TPSA) is 0 Å². The Morgan fingerprint density at radius 3 is 2.71 bits per heavy atom. The van der Waals surface area contributed by atoms with Crippen molar-refractivity contribution in [3.63, 3.8) is 0 Å². The van der Waals surface area contributed by atoms with E-state index >= 15 is 0 Å². The van der Waals surface area contributed by atoms with E-state index in [2.05, 4.69) is 43.5 Å². The molecule has 0 unspecified atom stereocenters. The summed E-state index contributed by atoms with van der Waals surface area (Å²) in [6.07, 6.45) is 18.6. The summed E-state index contributed by atoms with van der Waals surface area (Å²) >= 11 is 0. The van der Waals surface area contributed by atoms with Gasteiger partial charge < -0.3 is 0 Å². The molecule has 0 aromatic carbocycles. The van der Waals surface area contributed by atoms with Gasteiger partial charge in [0.2, 0.25) is 0 Å². The van der Waals surface area contributed by atoms with Crippen molar-refractivity contribution in [1.82, 2.24) is 0 Å². The van der Waals surface area contributed by atoms with E-state index in [4.69, 9.17) is 0 Å². The van der Waals surface area contributed by atoms with Gasteiger partial charge in [-0.05, 0) is 24.0 Å². The van der Waals surface area contributed by atoms with Gasteiger partial charge in [-0.25, -0.2) is 0 Å². The van der Waals surface area contributed by atoms with Gasteiger partial charge in [0.25, 0.3) is 0 Å². The van der Waals surface area contributed by atoms with Crippen LogP contribution < -0.4 is 0 Å². The molecule has 0 radical (unpaired) electrons. The van der Waals surface area contributed by atoms with E-state index in [1.165, 1.54) is 5.57 Å². The maximum absolute atomic E-state index is 3.74. The Labute approximate surface area is 86.3 Å². The average molecular weight is 184 g/mol. The van der Waals surface area contributed by atoms with E-state index in [-0.39, 0.29) is 0 Å². The third-order valence-electron chi connectivity index (χ3n) is 2.04. The summed E-state index contributed by atoms with van der Waals surface area (Å²) in [7, 11) is 0. The lowest BCUT2D eigenvalue weighted by Gasteiger charge is -2.00. The standard InChI is InChI=1S/C14H16/c1-3-8-13(4-2)11-12-14-9-6-5-7-10-14/h3-4,6,8-12H,1-2,5,7H2/b12-11-,13-8+. The van der Waals surface area contributed by atoms with Gasteiger partial charge in [0.1, 0.15) is 0 Å². The van der Waals surface area contributed by atoms with Gasteiger partial charge >= 0.3 is 0 Å². The molecule has 0 aromatic rings. The molecular weight excluding hydrogens is 168 g/mol. The summed E-state index contributed by atoms with van der Waals surface area (Å²) < 4.78 is 0. The molecule has 0 amide bonds. The average Bonchev–Trinajstić information content (AvgIpc) is 2.25. The van der Waals surface area contributed by atoms with Crippen molar-refractivity contribution in [1.29, 1.82) is 0 Å². The summed E-state index contributed by atoms with van der Waals surface area (Å²) in [5.74, 6) is 0. The molecule has 0 aromatic heterocycles. The minimum Gasteiger partial charge on any atom is -0.0990 e. The van der Waals surface area contributed by atoms with Crippen LogP contribution in [0.4, 0.5) is 0 Å². The van der Waals surface area contributed by atoms with Gasteiger partial charge in [-0.1, -0.05) is 61.8 Å². The molecule has 0 saturated heterocycles. The van der Waals surface area contributed by atoms with Crippen LogP contribution in [0.1, 0.15) is 12.8 Å². The molecular formula is C14H16. The van der Waals surface area contributed by atoms with Crippen LogP contribution in [0.15, 0.2) is 72.9 Å². The van der Waals surface area contributed by atoms with Crippen LogP contribution in [0.5, 0.6) is 0 Å². The first kappa shape index (κ1) is 10.5. The fraction of sp³-hybridized carbons (Fsp3) is 0.143. The van der Waals surface area contributed by atoms with Crippen LogP contribution in [-0.4, -0.2) is 0 Å². The molecule has 72 valence electrons. The molecule has 0 heteroatoms. The van der Waals surface area contributed by atoms with Crippen LogP contribution >= 0.6 is 0 Å². The predicted octanol–water partition coefficient (Wildman–Crippen LogP) is 4.12. The molecule has 0 N–H and O–H groups in total. The summed E-state index contributed by atoms with van der Waals surface area (Å²) in [4.78, 5) is 0. The molecule has 0 heterocycles. The summed E-state index contributed by atoms with van der Waals surface area (Å²) in [6.45, 7) is 7.40. The van der Waals surface area contributed by atoms with Crippen LogP contribution in [0, 0.1) is 0 Å². The van der Waals surface area contributed by atoms with Gasteiger partial charge in [0.05, 0.1) is 0 Å². The number of hydrogen-bond donors (Lipinski definition) is 0. The highest BCUT2D eigenvalue weighted by molar-refractivity contribution is 5.40. The summed E-state index contributed by atoms with van der Waals surface area (Å²) in [5.41, 5.74) is 2.35. The van der Waals surface area contributed by atoms with Crippen molar-refractivity contribution < 1.29 is 0 Å². The zero-order valence-electron chi connectivity index (χ0n) is 8.45. The van der Waals surface area contributed by atoms with Gasteiger partial charge in [0, 0.05) is 0 Å². The second kappa shape index (κ2) is 5.98. The van der Waals surface area contributed by atoms with Crippen molar-refractivity contribution in [2.45, 2.75) is 12.8 Å². The Morgan fingerprint density at radius 2 is 2.14 bits per heavy atom. The minimum atomic E-state index is 1.08. The highest BCUT2D eigenvalue weighted by Gasteiger charge is 1.91. The Kier molecular flexibility index (Phi) is 4.49. The quantitative estimate of drug-likeness (QED) is 0.576. The SMILES string of the molecule is C=C/C=C(C=C)/C=C\C1=CCCC=C1. The molecule has 0 fully saturated rings. The Balaban J connectivity index is 2.66.